The number of urea groups is 1. The van der Waals surface area contributed by atoms with Crippen LogP contribution >= 0.6 is 0 Å². The minimum Gasteiger partial charge on any atom is -0.491 e. The van der Waals surface area contributed by atoms with Crippen LogP contribution in [0.15, 0.2) is 170 Å². The maximum atomic E-state index is 16.6. The van der Waals surface area contributed by atoms with E-state index >= 15 is 19.2 Å². The number of fused-ring (bicyclic) bond motifs is 4. The number of benzene rings is 6. The van der Waals surface area contributed by atoms with Crippen LogP contribution in [0.5, 0.6) is 5.75 Å². The fourth-order valence-electron chi connectivity index (χ4n) is 10.6. The van der Waals surface area contributed by atoms with E-state index in [9.17, 15) is 5.11 Å². The Labute approximate surface area is 404 Å². The number of morpholine rings is 1. The van der Waals surface area contributed by atoms with Gasteiger partial charge in [-0.15, -0.1) is 11.7 Å². The Bertz CT molecular complexity index is 3170. The first-order valence-electron chi connectivity index (χ1n) is 23.2. The zero-order chi connectivity index (χ0) is 48.4. The SMILES string of the molecule is C=CCNC(=O)[C@H]1[C@@H]2C(=O)O[C@@H](c3ccccc3)[C@@H](c3ccccc3)N2[C@@H](c2ccccc2OCCO)[C@]12C(=O)N(C(=O)N[C@H](C)c1ccccc1)c1ccc(C#CCn3nnc4ccccc43)cc12. The number of para-hydroxylation sites is 2. The number of aromatic nitrogens is 3. The van der Waals surface area contributed by atoms with E-state index in [0.29, 0.717) is 28.0 Å². The summed E-state index contributed by atoms with van der Waals surface area (Å²) in [6, 6.07) is 43.3. The lowest BCUT2D eigenvalue weighted by molar-refractivity contribution is -0.178. The molecule has 70 heavy (non-hydrogen) atoms. The third kappa shape index (κ3) is 7.84. The number of anilines is 1. The molecule has 7 atom stereocenters. The van der Waals surface area contributed by atoms with E-state index in [-0.39, 0.29) is 32.0 Å². The minimum absolute atomic E-state index is 0.00508. The van der Waals surface area contributed by atoms with Crippen molar-refractivity contribution in [3.05, 3.63) is 204 Å². The molecule has 3 aliphatic heterocycles. The summed E-state index contributed by atoms with van der Waals surface area (Å²) in [6.07, 6.45) is 0.588. The molecule has 14 nitrogen and oxygen atoms in total. The Morgan fingerprint density at radius 1 is 0.871 bits per heavy atom. The molecule has 1 aromatic heterocycles. The van der Waals surface area contributed by atoms with Crippen molar-refractivity contribution >= 4 is 40.5 Å². The number of amides is 4. The zero-order valence-electron chi connectivity index (χ0n) is 38.2. The first kappa shape index (κ1) is 45.4. The van der Waals surface area contributed by atoms with Crippen molar-refractivity contribution < 1.29 is 33.8 Å². The van der Waals surface area contributed by atoms with Gasteiger partial charge in [0.15, 0.2) is 0 Å². The highest BCUT2D eigenvalue weighted by molar-refractivity contribution is 6.24. The van der Waals surface area contributed by atoms with Crippen LogP contribution in [0.2, 0.25) is 0 Å². The molecule has 2 saturated heterocycles. The Hall–Kier alpha value is -8.38. The zero-order valence-corrected chi connectivity index (χ0v) is 38.2. The van der Waals surface area contributed by atoms with E-state index in [0.717, 1.165) is 27.1 Å². The number of hydrogen-bond donors (Lipinski definition) is 3. The van der Waals surface area contributed by atoms with E-state index in [1.165, 1.54) is 6.08 Å². The number of nitrogens with one attached hydrogen (secondary N) is 2. The number of imide groups is 1. The predicted molar refractivity (Wildman–Crippen MR) is 262 cm³/mol. The van der Waals surface area contributed by atoms with Crippen LogP contribution in [-0.4, -0.2) is 74.6 Å². The average Bonchev–Trinajstić information content (AvgIpc) is 4.04. The third-order valence-corrected chi connectivity index (χ3v) is 13.4. The molecule has 0 saturated carbocycles. The highest BCUT2D eigenvalue weighted by atomic mass is 16.6. The largest absolute Gasteiger partial charge is 0.491 e. The van der Waals surface area contributed by atoms with Gasteiger partial charge in [-0.05, 0) is 65.6 Å². The van der Waals surface area contributed by atoms with Gasteiger partial charge >= 0.3 is 12.0 Å². The molecule has 2 fully saturated rings. The number of carbonyl (C=O) groups excluding carboxylic acids is 4. The van der Waals surface area contributed by atoms with Crippen LogP contribution in [0.4, 0.5) is 10.5 Å². The van der Waals surface area contributed by atoms with Crippen molar-refractivity contribution in [2.24, 2.45) is 5.92 Å². The lowest BCUT2D eigenvalue weighted by Gasteiger charge is -2.46. The van der Waals surface area contributed by atoms with Gasteiger partial charge in [-0.2, -0.15) is 0 Å². The van der Waals surface area contributed by atoms with Gasteiger partial charge in [0, 0.05) is 17.7 Å². The molecule has 0 unspecified atom stereocenters. The van der Waals surface area contributed by atoms with Crippen molar-refractivity contribution in [1.29, 1.82) is 0 Å². The normalized spacial score (nSPS) is 21.8. The van der Waals surface area contributed by atoms with Gasteiger partial charge in [-0.25, -0.2) is 14.4 Å². The molecule has 350 valence electrons. The summed E-state index contributed by atoms with van der Waals surface area (Å²) in [5.41, 5.74) is 3.11. The van der Waals surface area contributed by atoms with Crippen LogP contribution < -0.4 is 20.3 Å². The predicted octanol–water partition coefficient (Wildman–Crippen LogP) is 7.29. The highest BCUT2D eigenvalue weighted by Gasteiger charge is 2.76. The number of esters is 1. The smallest absolute Gasteiger partial charge is 0.329 e. The fourth-order valence-corrected chi connectivity index (χ4v) is 10.6. The lowest BCUT2D eigenvalue weighted by Crippen LogP contribution is -2.56. The van der Waals surface area contributed by atoms with Gasteiger partial charge in [0.05, 0.1) is 41.9 Å². The van der Waals surface area contributed by atoms with Crippen molar-refractivity contribution in [3.63, 3.8) is 0 Å². The van der Waals surface area contributed by atoms with Gasteiger partial charge in [0.25, 0.3) is 0 Å². The van der Waals surface area contributed by atoms with E-state index < -0.39 is 65.4 Å². The minimum atomic E-state index is -2.06. The maximum absolute atomic E-state index is 16.6. The van der Waals surface area contributed by atoms with Gasteiger partial charge in [-0.3, -0.25) is 19.3 Å². The molecule has 14 heteroatoms. The first-order valence-corrected chi connectivity index (χ1v) is 23.2. The number of carbonyl (C=O) groups is 4. The van der Waals surface area contributed by atoms with Crippen LogP contribution in [0.25, 0.3) is 11.0 Å². The third-order valence-electron chi connectivity index (χ3n) is 13.4. The molecule has 7 aromatic rings. The summed E-state index contributed by atoms with van der Waals surface area (Å²) in [5.74, 6) is 3.14. The molecule has 3 aliphatic rings. The van der Waals surface area contributed by atoms with Crippen molar-refractivity contribution in [2.75, 3.05) is 24.7 Å². The summed E-state index contributed by atoms with van der Waals surface area (Å²) < 4.78 is 14.6. The Morgan fingerprint density at radius 3 is 2.30 bits per heavy atom. The molecule has 4 amide bonds. The first-order chi connectivity index (χ1) is 34.3. The molecule has 10 rings (SSSR count). The molecular weight excluding hydrogens is 883 g/mol. The maximum Gasteiger partial charge on any atom is 0.329 e. The number of aliphatic hydroxyl groups is 1. The second-order valence-electron chi connectivity index (χ2n) is 17.4. The average molecular weight is 932 g/mol. The number of aliphatic hydroxyl groups excluding tert-OH is 1. The number of ether oxygens (including phenoxy) is 2. The van der Waals surface area contributed by atoms with Crippen molar-refractivity contribution in [1.82, 2.24) is 30.5 Å². The van der Waals surface area contributed by atoms with Gasteiger partial charge in [0.1, 0.15) is 42.0 Å². The van der Waals surface area contributed by atoms with E-state index in [1.807, 2.05) is 127 Å². The van der Waals surface area contributed by atoms with Crippen molar-refractivity contribution in [2.45, 2.75) is 49.2 Å². The molecule has 6 aromatic carbocycles. The van der Waals surface area contributed by atoms with Gasteiger partial charge in [0.2, 0.25) is 11.8 Å². The number of rotatable bonds is 12. The van der Waals surface area contributed by atoms with Gasteiger partial charge < -0.3 is 25.2 Å². The molecule has 3 N–H and O–H groups in total. The number of nitrogens with zero attached hydrogens (tertiary/aromatic N) is 5. The molecular formula is C56H49N7O7. The van der Waals surface area contributed by atoms with Crippen LogP contribution in [0.1, 0.15) is 64.5 Å². The topological polar surface area (TPSA) is 168 Å². The Balaban J connectivity index is 1.25. The molecule has 0 aliphatic carbocycles. The van der Waals surface area contributed by atoms with E-state index in [1.54, 1.807) is 47.1 Å². The second-order valence-corrected chi connectivity index (χ2v) is 17.4. The van der Waals surface area contributed by atoms with E-state index in [2.05, 4.69) is 39.4 Å². The van der Waals surface area contributed by atoms with Crippen LogP contribution in [0.3, 0.4) is 0 Å². The second kappa shape index (κ2) is 19.3. The van der Waals surface area contributed by atoms with Crippen LogP contribution in [0, 0.1) is 17.8 Å². The fraction of sp³-hybridized carbons (Fsp3) is 0.214. The molecule has 0 radical (unpaired) electrons. The molecule has 4 heterocycles. The summed E-state index contributed by atoms with van der Waals surface area (Å²) >= 11 is 0. The summed E-state index contributed by atoms with van der Waals surface area (Å²) in [5, 5.41) is 24.7. The summed E-state index contributed by atoms with van der Waals surface area (Å²) in [7, 11) is 0. The van der Waals surface area contributed by atoms with Gasteiger partial charge in [-0.1, -0.05) is 144 Å². The van der Waals surface area contributed by atoms with E-state index in [4.69, 9.17) is 9.47 Å². The Kier molecular flexibility index (Phi) is 12.5. The summed E-state index contributed by atoms with van der Waals surface area (Å²) in [4.78, 5) is 65.7. The Morgan fingerprint density at radius 2 is 1.56 bits per heavy atom. The lowest BCUT2D eigenvalue weighted by atomic mass is 9.65. The quantitative estimate of drug-likeness (QED) is 0.0643. The van der Waals surface area contributed by atoms with Crippen molar-refractivity contribution in [3.8, 4) is 17.6 Å². The van der Waals surface area contributed by atoms with Crippen LogP contribution in [-0.2, 0) is 31.1 Å². The standard InChI is InChI=1S/C56H49N7O7/c1-3-31-57-52(65)47-49-53(66)70-50(40-23-11-6-12-24-40)48(39-21-9-5-10-22-39)63(49)51(41-25-13-16-28-46(41)69-34-33-64)56(47)42-35-37(18-17-32-61-45-27-15-14-26-43(45)59-60-61)29-30-44(42)62(54(56)67)55(68)58-36(2)38-19-7-4-8-20-38/h3-16,19-30,35-36,47-51,64H,1,31-34H2,2H3,(H,57,65)(H,58,68)/t36-,47-,48-,49-,50+,51+,56-/m1/s1. The summed E-state index contributed by atoms with van der Waals surface area (Å²) in [6.45, 7) is 5.44. The highest BCUT2D eigenvalue weighted by Crippen LogP contribution is 2.66. The molecule has 1 spiro atoms. The number of hydrogen-bond acceptors (Lipinski definition) is 10. The molecule has 0 bridgehead atoms. The monoisotopic (exact) mass is 931 g/mol. The number of cyclic esters (lactones) is 1.